The van der Waals surface area contributed by atoms with E-state index < -0.39 is 0 Å². The molecule has 1 heterocycles. The molecule has 0 saturated heterocycles. The Hall–Kier alpha value is -1.15. The topological polar surface area (TPSA) is 24.9 Å². The highest BCUT2D eigenvalue weighted by atomic mass is 14.9. The zero-order valence-corrected chi connectivity index (χ0v) is 10.2. The van der Waals surface area contributed by atoms with Crippen LogP contribution in [0.2, 0.25) is 0 Å². The number of hydrogen-bond donors (Lipinski definition) is 1. The van der Waals surface area contributed by atoms with Gasteiger partial charge < -0.3 is 5.32 Å². The summed E-state index contributed by atoms with van der Waals surface area (Å²) in [5, 5.41) is 3.58. The highest BCUT2D eigenvalue weighted by Gasteiger charge is 2.08. The fraction of sp³-hybridized carbons (Fsp3) is 0.500. The quantitative estimate of drug-likeness (QED) is 0.534. The van der Waals surface area contributed by atoms with Gasteiger partial charge in [-0.2, -0.15) is 0 Å². The lowest BCUT2D eigenvalue weighted by Gasteiger charge is -2.18. The molecule has 1 unspecified atom stereocenters. The Balaban J connectivity index is 2.52. The van der Waals surface area contributed by atoms with Gasteiger partial charge in [-0.1, -0.05) is 13.0 Å². The van der Waals surface area contributed by atoms with Gasteiger partial charge in [0.2, 0.25) is 0 Å². The highest BCUT2D eigenvalue weighted by molar-refractivity contribution is 5.14. The first kappa shape index (κ1) is 12.9. The Labute approximate surface area is 98.8 Å². The molecule has 88 valence electrons. The molecule has 0 spiro atoms. The van der Waals surface area contributed by atoms with Crippen molar-refractivity contribution in [1.29, 1.82) is 0 Å². The van der Waals surface area contributed by atoms with Gasteiger partial charge in [0.1, 0.15) is 0 Å². The van der Waals surface area contributed by atoms with Crippen molar-refractivity contribution in [2.45, 2.75) is 38.6 Å². The van der Waals surface area contributed by atoms with Crippen molar-refractivity contribution in [3.8, 4) is 0 Å². The Morgan fingerprint density at radius 2 is 2.19 bits per heavy atom. The number of unbranched alkanes of at least 4 members (excludes halogenated alkanes) is 1. The Morgan fingerprint density at radius 1 is 1.44 bits per heavy atom. The largest absolute Gasteiger partial charge is 0.310 e. The van der Waals surface area contributed by atoms with Gasteiger partial charge in [0.15, 0.2) is 0 Å². The van der Waals surface area contributed by atoms with Crippen LogP contribution < -0.4 is 5.32 Å². The van der Waals surface area contributed by atoms with E-state index in [1.807, 2.05) is 18.5 Å². The fourth-order valence-corrected chi connectivity index (χ4v) is 1.77. The Kier molecular flexibility index (Phi) is 6.50. The summed E-state index contributed by atoms with van der Waals surface area (Å²) in [6.45, 7) is 7.03. The van der Waals surface area contributed by atoms with Gasteiger partial charge in [0, 0.05) is 18.4 Å². The average Bonchev–Trinajstić information content (AvgIpc) is 2.35. The second kappa shape index (κ2) is 8.05. The molecule has 0 amide bonds. The first-order chi connectivity index (χ1) is 7.88. The van der Waals surface area contributed by atoms with Crippen LogP contribution in [0.25, 0.3) is 0 Å². The van der Waals surface area contributed by atoms with Crippen LogP contribution >= 0.6 is 0 Å². The van der Waals surface area contributed by atoms with Crippen LogP contribution in [0.4, 0.5) is 0 Å². The van der Waals surface area contributed by atoms with E-state index in [0.29, 0.717) is 6.04 Å². The predicted molar refractivity (Wildman–Crippen MR) is 69.3 cm³/mol. The van der Waals surface area contributed by atoms with E-state index in [-0.39, 0.29) is 0 Å². The molecule has 0 aromatic carbocycles. The molecule has 0 aliphatic carbocycles. The molecule has 2 heteroatoms. The summed E-state index contributed by atoms with van der Waals surface area (Å²) in [7, 11) is 0. The molecule has 0 radical (unpaired) electrons. The normalized spacial score (nSPS) is 12.3. The van der Waals surface area contributed by atoms with Crippen LogP contribution in [-0.2, 0) is 0 Å². The van der Waals surface area contributed by atoms with Crippen molar-refractivity contribution in [3.05, 3.63) is 42.7 Å². The molecule has 1 aromatic rings. The monoisotopic (exact) mass is 218 g/mol. The number of nitrogens with one attached hydrogen (secondary N) is 1. The summed E-state index contributed by atoms with van der Waals surface area (Å²) in [6.07, 6.45) is 10.3. The summed E-state index contributed by atoms with van der Waals surface area (Å²) < 4.78 is 0. The molecule has 0 bridgehead atoms. The molecule has 0 aliphatic heterocycles. The van der Waals surface area contributed by atoms with Gasteiger partial charge in [-0.05, 0) is 49.9 Å². The number of pyridine rings is 1. The minimum atomic E-state index is 0.461. The lowest BCUT2D eigenvalue weighted by Crippen LogP contribution is -2.22. The molecular formula is C14H22N2. The molecule has 1 aromatic heterocycles. The molecule has 0 fully saturated rings. The van der Waals surface area contributed by atoms with Gasteiger partial charge in [0.05, 0.1) is 0 Å². The third kappa shape index (κ3) is 4.58. The molecule has 1 atom stereocenters. The summed E-state index contributed by atoms with van der Waals surface area (Å²) in [6, 6.07) is 4.66. The number of nitrogens with zero attached hydrogens (tertiary/aromatic N) is 1. The smallest absolute Gasteiger partial charge is 0.0321 e. The standard InChI is InChI=1S/C14H22N2/c1-3-5-6-7-14(16-10-4-2)13-8-11-15-12-9-13/h3,8-9,11-12,14,16H,1,4-7,10H2,2H3. The van der Waals surface area contributed by atoms with Crippen LogP contribution in [0.1, 0.15) is 44.2 Å². The van der Waals surface area contributed by atoms with E-state index in [2.05, 4.69) is 35.9 Å². The van der Waals surface area contributed by atoms with Crippen molar-refractivity contribution in [1.82, 2.24) is 10.3 Å². The first-order valence-corrected chi connectivity index (χ1v) is 6.12. The van der Waals surface area contributed by atoms with Gasteiger partial charge in [-0.25, -0.2) is 0 Å². The van der Waals surface area contributed by atoms with E-state index in [4.69, 9.17) is 0 Å². The van der Waals surface area contributed by atoms with E-state index in [1.54, 1.807) is 0 Å². The summed E-state index contributed by atoms with van der Waals surface area (Å²) in [5.74, 6) is 0. The van der Waals surface area contributed by atoms with Crippen LogP contribution in [-0.4, -0.2) is 11.5 Å². The van der Waals surface area contributed by atoms with Crippen molar-refractivity contribution in [3.63, 3.8) is 0 Å². The zero-order chi connectivity index (χ0) is 11.6. The lowest BCUT2D eigenvalue weighted by atomic mass is 10.0. The molecule has 1 rings (SSSR count). The second-order valence-electron chi connectivity index (χ2n) is 4.01. The van der Waals surface area contributed by atoms with Crippen molar-refractivity contribution in [2.75, 3.05) is 6.54 Å². The average molecular weight is 218 g/mol. The number of allylic oxidation sites excluding steroid dienone is 1. The lowest BCUT2D eigenvalue weighted by molar-refractivity contribution is 0.486. The van der Waals surface area contributed by atoms with E-state index in [0.717, 1.165) is 19.4 Å². The Bertz CT molecular complexity index is 282. The number of rotatable bonds is 8. The predicted octanol–water partition coefficient (Wildman–Crippen LogP) is 3.48. The highest BCUT2D eigenvalue weighted by Crippen LogP contribution is 2.18. The molecule has 0 aliphatic rings. The van der Waals surface area contributed by atoms with E-state index in [1.165, 1.54) is 18.4 Å². The minimum Gasteiger partial charge on any atom is -0.310 e. The van der Waals surface area contributed by atoms with Crippen molar-refractivity contribution < 1.29 is 0 Å². The van der Waals surface area contributed by atoms with E-state index >= 15 is 0 Å². The summed E-state index contributed by atoms with van der Waals surface area (Å²) in [4.78, 5) is 4.06. The SMILES string of the molecule is C=CCCCC(NCCC)c1ccncc1. The first-order valence-electron chi connectivity index (χ1n) is 6.12. The van der Waals surface area contributed by atoms with Crippen molar-refractivity contribution >= 4 is 0 Å². The van der Waals surface area contributed by atoms with Crippen LogP contribution in [0.3, 0.4) is 0 Å². The number of hydrogen-bond acceptors (Lipinski definition) is 2. The summed E-state index contributed by atoms with van der Waals surface area (Å²) >= 11 is 0. The molecule has 16 heavy (non-hydrogen) atoms. The van der Waals surface area contributed by atoms with Crippen molar-refractivity contribution in [2.24, 2.45) is 0 Å². The van der Waals surface area contributed by atoms with Crippen LogP contribution in [0, 0.1) is 0 Å². The van der Waals surface area contributed by atoms with Gasteiger partial charge in [-0.15, -0.1) is 6.58 Å². The maximum absolute atomic E-state index is 4.06. The molecule has 1 N–H and O–H groups in total. The maximum Gasteiger partial charge on any atom is 0.0321 e. The zero-order valence-electron chi connectivity index (χ0n) is 10.2. The maximum atomic E-state index is 4.06. The van der Waals surface area contributed by atoms with Crippen LogP contribution in [0.15, 0.2) is 37.2 Å². The molecular weight excluding hydrogens is 196 g/mol. The Morgan fingerprint density at radius 3 is 2.81 bits per heavy atom. The second-order valence-corrected chi connectivity index (χ2v) is 4.01. The third-order valence-electron chi connectivity index (χ3n) is 2.65. The van der Waals surface area contributed by atoms with Gasteiger partial charge >= 0.3 is 0 Å². The minimum absolute atomic E-state index is 0.461. The molecule has 0 saturated carbocycles. The van der Waals surface area contributed by atoms with Crippen LogP contribution in [0.5, 0.6) is 0 Å². The fourth-order valence-electron chi connectivity index (χ4n) is 1.77. The summed E-state index contributed by atoms with van der Waals surface area (Å²) in [5.41, 5.74) is 1.34. The third-order valence-corrected chi connectivity index (χ3v) is 2.65. The van der Waals surface area contributed by atoms with Gasteiger partial charge in [0.25, 0.3) is 0 Å². The number of aromatic nitrogens is 1. The van der Waals surface area contributed by atoms with E-state index in [9.17, 15) is 0 Å². The van der Waals surface area contributed by atoms with Gasteiger partial charge in [-0.3, -0.25) is 4.98 Å². The molecule has 2 nitrogen and oxygen atoms in total.